The minimum absolute atomic E-state index is 0.0486. The highest BCUT2D eigenvalue weighted by Gasteiger charge is 2.19. The Morgan fingerprint density at radius 3 is 2.18 bits per heavy atom. The summed E-state index contributed by atoms with van der Waals surface area (Å²) in [4.78, 5) is 18.6. The third-order valence-corrected chi connectivity index (χ3v) is 0.733. The van der Waals surface area contributed by atoms with Gasteiger partial charge in [0.15, 0.2) is 0 Å². The summed E-state index contributed by atoms with van der Waals surface area (Å²) in [6.45, 7) is 2.18. The molecule has 1 atom stereocenters. The number of carbonyl (C=O) groups is 2. The molecule has 0 radical (unpaired) electrons. The summed E-state index contributed by atoms with van der Waals surface area (Å²) in [6.07, 6.45) is -2.43. The summed E-state index contributed by atoms with van der Waals surface area (Å²) in [5.41, 5.74) is 0. The highest BCUT2D eigenvalue weighted by molar-refractivity contribution is 5.61. The largest absolute Gasteiger partial charge is 0.508 e. The maximum atomic E-state index is 10.0. The standard InChI is InChI=1S/C4H6O3.CH2O3/c1-3-2-6-4(5)7-3;2-1(3)4/h3H,2H2,1H3;(H2,2,3,4). The predicted molar refractivity (Wildman–Crippen MR) is 32.5 cm³/mol. The fourth-order valence-electron chi connectivity index (χ4n) is 0.418. The lowest BCUT2D eigenvalue weighted by Gasteiger charge is -1.90. The molecule has 0 saturated carbocycles. The van der Waals surface area contributed by atoms with Gasteiger partial charge in [0.1, 0.15) is 12.7 Å². The van der Waals surface area contributed by atoms with Crippen molar-refractivity contribution in [3.63, 3.8) is 0 Å². The van der Waals surface area contributed by atoms with Gasteiger partial charge in [-0.05, 0) is 6.92 Å². The lowest BCUT2D eigenvalue weighted by molar-refractivity contribution is 0.121. The first-order valence-corrected chi connectivity index (χ1v) is 2.77. The number of hydrogen-bond acceptors (Lipinski definition) is 4. The minimum atomic E-state index is -1.83. The highest BCUT2D eigenvalue weighted by Crippen LogP contribution is 2.02. The summed E-state index contributed by atoms with van der Waals surface area (Å²) in [7, 11) is 0. The van der Waals surface area contributed by atoms with Gasteiger partial charge >= 0.3 is 12.3 Å². The molecule has 0 aromatic rings. The molecule has 1 fully saturated rings. The molecule has 0 amide bonds. The van der Waals surface area contributed by atoms with Gasteiger partial charge < -0.3 is 19.7 Å². The van der Waals surface area contributed by atoms with Crippen molar-refractivity contribution < 1.29 is 29.3 Å². The number of carbonyl (C=O) groups excluding carboxylic acids is 1. The van der Waals surface area contributed by atoms with Gasteiger partial charge in [0.05, 0.1) is 0 Å². The van der Waals surface area contributed by atoms with Crippen LogP contribution in [-0.2, 0) is 9.47 Å². The summed E-state index contributed by atoms with van der Waals surface area (Å²) >= 11 is 0. The van der Waals surface area contributed by atoms with Crippen LogP contribution in [0.25, 0.3) is 0 Å². The second kappa shape index (κ2) is 4.37. The van der Waals surface area contributed by atoms with E-state index in [0.717, 1.165) is 0 Å². The van der Waals surface area contributed by atoms with Crippen LogP contribution in [0.3, 0.4) is 0 Å². The quantitative estimate of drug-likeness (QED) is 0.513. The molecule has 1 unspecified atom stereocenters. The summed E-state index contributed by atoms with van der Waals surface area (Å²) in [6, 6.07) is 0. The molecular weight excluding hydrogens is 156 g/mol. The zero-order chi connectivity index (χ0) is 8.85. The van der Waals surface area contributed by atoms with Crippen molar-refractivity contribution in [3.8, 4) is 0 Å². The lowest BCUT2D eigenvalue weighted by atomic mass is 10.5. The molecule has 0 spiro atoms. The molecule has 2 N–H and O–H groups in total. The van der Waals surface area contributed by atoms with Crippen LogP contribution < -0.4 is 0 Å². The zero-order valence-electron chi connectivity index (χ0n) is 5.81. The first-order chi connectivity index (χ1) is 5.02. The van der Waals surface area contributed by atoms with Gasteiger partial charge in [0.25, 0.3) is 0 Å². The zero-order valence-corrected chi connectivity index (χ0v) is 5.81. The Morgan fingerprint density at radius 2 is 2.09 bits per heavy atom. The Labute approximate surface area is 62.3 Å². The van der Waals surface area contributed by atoms with Crippen molar-refractivity contribution in [2.24, 2.45) is 0 Å². The van der Waals surface area contributed by atoms with E-state index < -0.39 is 12.3 Å². The lowest BCUT2D eigenvalue weighted by Crippen LogP contribution is -2.01. The van der Waals surface area contributed by atoms with Crippen molar-refractivity contribution in [1.29, 1.82) is 0 Å². The first kappa shape index (κ1) is 9.54. The molecule has 64 valence electrons. The maximum absolute atomic E-state index is 10.0. The van der Waals surface area contributed by atoms with E-state index in [1.54, 1.807) is 6.92 Å². The van der Waals surface area contributed by atoms with Crippen LogP contribution in [0, 0.1) is 0 Å². The average molecular weight is 164 g/mol. The molecule has 0 bridgehead atoms. The molecule has 6 nitrogen and oxygen atoms in total. The van der Waals surface area contributed by atoms with Gasteiger partial charge in [-0.1, -0.05) is 0 Å². The van der Waals surface area contributed by atoms with Gasteiger partial charge in [0, 0.05) is 0 Å². The fraction of sp³-hybridized carbons (Fsp3) is 0.600. The number of hydrogen-bond donors (Lipinski definition) is 2. The second-order valence-corrected chi connectivity index (χ2v) is 1.77. The van der Waals surface area contributed by atoms with Gasteiger partial charge in [-0.25, -0.2) is 9.59 Å². The van der Waals surface area contributed by atoms with E-state index in [-0.39, 0.29) is 6.10 Å². The molecule has 1 aliphatic rings. The van der Waals surface area contributed by atoms with Crippen LogP contribution in [0.2, 0.25) is 0 Å². The van der Waals surface area contributed by atoms with Crippen LogP contribution in [0.5, 0.6) is 0 Å². The molecule has 1 saturated heterocycles. The van der Waals surface area contributed by atoms with Crippen molar-refractivity contribution in [3.05, 3.63) is 0 Å². The first-order valence-electron chi connectivity index (χ1n) is 2.77. The Morgan fingerprint density at radius 1 is 1.64 bits per heavy atom. The summed E-state index contributed by atoms with van der Waals surface area (Å²) in [5, 5.41) is 13.9. The van der Waals surface area contributed by atoms with E-state index in [9.17, 15) is 4.79 Å². The molecule has 0 aliphatic carbocycles. The van der Waals surface area contributed by atoms with E-state index in [1.165, 1.54) is 0 Å². The smallest absolute Gasteiger partial charge is 0.450 e. The SMILES string of the molecule is CC1COC(=O)O1.O=C(O)O. The minimum Gasteiger partial charge on any atom is -0.450 e. The van der Waals surface area contributed by atoms with Gasteiger partial charge in [-0.15, -0.1) is 0 Å². The highest BCUT2D eigenvalue weighted by atomic mass is 16.8. The molecule has 1 rings (SSSR count). The molecule has 0 aromatic carbocycles. The Bertz CT molecular complexity index is 149. The average Bonchev–Trinajstić information content (AvgIpc) is 2.13. The van der Waals surface area contributed by atoms with Crippen LogP contribution in [0.4, 0.5) is 9.59 Å². The van der Waals surface area contributed by atoms with Crippen LogP contribution in [-0.4, -0.2) is 35.2 Å². The third kappa shape index (κ3) is 6.42. The molecular formula is C5H8O6. The number of cyclic esters (lactones) is 2. The Hall–Kier alpha value is -1.46. The summed E-state index contributed by atoms with van der Waals surface area (Å²) < 4.78 is 8.90. The van der Waals surface area contributed by atoms with Crippen molar-refractivity contribution >= 4 is 12.3 Å². The van der Waals surface area contributed by atoms with E-state index >= 15 is 0 Å². The van der Waals surface area contributed by atoms with E-state index in [0.29, 0.717) is 6.61 Å². The molecule has 11 heavy (non-hydrogen) atoms. The molecule has 0 aromatic heterocycles. The van der Waals surface area contributed by atoms with E-state index in [4.69, 9.17) is 15.0 Å². The Kier molecular flexibility index (Phi) is 3.79. The van der Waals surface area contributed by atoms with Crippen LogP contribution in [0.1, 0.15) is 6.92 Å². The number of rotatable bonds is 0. The van der Waals surface area contributed by atoms with Crippen molar-refractivity contribution in [1.82, 2.24) is 0 Å². The second-order valence-electron chi connectivity index (χ2n) is 1.77. The number of ether oxygens (including phenoxy) is 2. The van der Waals surface area contributed by atoms with Gasteiger partial charge in [-0.2, -0.15) is 0 Å². The molecule has 1 aliphatic heterocycles. The Balaban J connectivity index is 0.000000218. The molecule has 6 heteroatoms. The topological polar surface area (TPSA) is 93.1 Å². The molecule has 1 heterocycles. The van der Waals surface area contributed by atoms with Crippen LogP contribution in [0.15, 0.2) is 0 Å². The number of carboxylic acid groups (broad SMARTS) is 2. The maximum Gasteiger partial charge on any atom is 0.508 e. The van der Waals surface area contributed by atoms with Crippen molar-refractivity contribution in [2.45, 2.75) is 13.0 Å². The van der Waals surface area contributed by atoms with Crippen LogP contribution >= 0.6 is 0 Å². The monoisotopic (exact) mass is 164 g/mol. The third-order valence-electron chi connectivity index (χ3n) is 0.733. The van der Waals surface area contributed by atoms with Crippen molar-refractivity contribution in [2.75, 3.05) is 6.61 Å². The normalized spacial score (nSPS) is 20.8. The van der Waals surface area contributed by atoms with E-state index in [1.807, 2.05) is 0 Å². The summed E-state index contributed by atoms with van der Waals surface area (Å²) in [5.74, 6) is 0. The van der Waals surface area contributed by atoms with Gasteiger partial charge in [-0.3, -0.25) is 0 Å². The van der Waals surface area contributed by atoms with Gasteiger partial charge in [0.2, 0.25) is 0 Å². The van der Waals surface area contributed by atoms with E-state index in [2.05, 4.69) is 9.47 Å². The predicted octanol–water partition coefficient (Wildman–Crippen LogP) is 0.764. The fourth-order valence-corrected chi connectivity index (χ4v) is 0.418.